The van der Waals surface area contributed by atoms with Crippen LogP contribution in [-0.4, -0.2) is 25.2 Å². The van der Waals surface area contributed by atoms with Crippen LogP contribution in [0.2, 0.25) is 0 Å². The van der Waals surface area contributed by atoms with E-state index in [2.05, 4.69) is 50.5 Å². The molecule has 0 saturated carbocycles. The fourth-order valence-electron chi connectivity index (χ4n) is 0.774. The molecule has 0 bridgehead atoms. The monoisotopic (exact) mass is 170 g/mol. The zero-order valence-electron chi connectivity index (χ0n) is 8.72. The van der Waals surface area contributed by atoms with E-state index in [1.54, 1.807) is 0 Å². The fourth-order valence-corrected chi connectivity index (χ4v) is 0.774. The summed E-state index contributed by atoms with van der Waals surface area (Å²) in [5, 5.41) is 6.64. The Labute approximate surface area is 76.4 Å². The van der Waals surface area contributed by atoms with Crippen LogP contribution >= 0.6 is 0 Å². The van der Waals surface area contributed by atoms with Crippen molar-refractivity contribution in [3.8, 4) is 0 Å². The summed E-state index contributed by atoms with van der Waals surface area (Å²) in [4.78, 5) is 0. The van der Waals surface area contributed by atoms with Gasteiger partial charge in [-0.05, 0) is 0 Å². The molecule has 0 spiro atoms. The highest BCUT2D eigenvalue weighted by molar-refractivity contribution is 4.86. The van der Waals surface area contributed by atoms with E-state index in [1.807, 2.05) is 0 Å². The summed E-state index contributed by atoms with van der Waals surface area (Å²) in [5.41, 5.74) is 0. The molecule has 0 aliphatic heterocycles. The smallest absolute Gasteiger partial charge is 0.0137 e. The highest BCUT2D eigenvalue weighted by Gasteiger charge is 1.87. The maximum Gasteiger partial charge on any atom is 0.0137 e. The Morgan fingerprint density at radius 2 is 1.17 bits per heavy atom. The first kappa shape index (κ1) is 11.7. The number of hydrogen-bond donors (Lipinski definition) is 2. The predicted molar refractivity (Wildman–Crippen MR) is 55.4 cm³/mol. The molecular weight excluding hydrogens is 148 g/mol. The van der Waals surface area contributed by atoms with E-state index in [0.717, 1.165) is 13.1 Å². The van der Waals surface area contributed by atoms with Gasteiger partial charge in [0, 0.05) is 25.2 Å². The average Bonchev–Trinajstić information content (AvgIpc) is 1.95. The molecule has 0 atom stereocenters. The zero-order chi connectivity index (χ0) is 9.40. The van der Waals surface area contributed by atoms with Gasteiger partial charge < -0.3 is 10.6 Å². The Morgan fingerprint density at radius 3 is 1.42 bits per heavy atom. The van der Waals surface area contributed by atoms with Gasteiger partial charge in [-0.3, -0.25) is 0 Å². The van der Waals surface area contributed by atoms with E-state index < -0.39 is 0 Å². The van der Waals surface area contributed by atoms with Crippen molar-refractivity contribution in [2.75, 3.05) is 13.1 Å². The quantitative estimate of drug-likeness (QED) is 0.591. The van der Waals surface area contributed by atoms with E-state index in [-0.39, 0.29) is 0 Å². The molecular formula is C10H22N2. The summed E-state index contributed by atoms with van der Waals surface area (Å²) in [7, 11) is 0. The Kier molecular flexibility index (Phi) is 7.11. The van der Waals surface area contributed by atoms with E-state index in [1.165, 1.54) is 0 Å². The van der Waals surface area contributed by atoms with Crippen molar-refractivity contribution >= 4 is 0 Å². The molecule has 0 fully saturated rings. The van der Waals surface area contributed by atoms with Crippen LogP contribution in [0.5, 0.6) is 0 Å². The Bertz CT molecular complexity index is 103. The normalized spacial score (nSPS) is 12.2. The standard InChI is InChI=1S/C10H22N2/c1-9(2)11-7-5-6-8-12-10(3)4/h5-6,9-12H,7-8H2,1-4H3. The SMILES string of the molecule is CC(C)NCC=CCNC(C)C. The van der Waals surface area contributed by atoms with Gasteiger partial charge in [-0.1, -0.05) is 39.8 Å². The molecule has 0 rings (SSSR count). The summed E-state index contributed by atoms with van der Waals surface area (Å²) in [5.74, 6) is 0. The summed E-state index contributed by atoms with van der Waals surface area (Å²) in [6, 6.07) is 1.15. The Morgan fingerprint density at radius 1 is 0.833 bits per heavy atom. The van der Waals surface area contributed by atoms with Gasteiger partial charge in [0.2, 0.25) is 0 Å². The minimum absolute atomic E-state index is 0.577. The highest BCUT2D eigenvalue weighted by atomic mass is 14.9. The van der Waals surface area contributed by atoms with Crippen molar-refractivity contribution in [1.29, 1.82) is 0 Å². The van der Waals surface area contributed by atoms with Crippen molar-refractivity contribution < 1.29 is 0 Å². The van der Waals surface area contributed by atoms with Gasteiger partial charge in [-0.15, -0.1) is 0 Å². The molecule has 2 nitrogen and oxygen atoms in total. The summed E-state index contributed by atoms with van der Waals surface area (Å²) in [6.07, 6.45) is 4.32. The lowest BCUT2D eigenvalue weighted by Gasteiger charge is -2.05. The third-order valence-corrected chi connectivity index (χ3v) is 1.45. The van der Waals surface area contributed by atoms with Gasteiger partial charge in [0.15, 0.2) is 0 Å². The van der Waals surface area contributed by atoms with Crippen LogP contribution in [0.1, 0.15) is 27.7 Å². The lowest BCUT2D eigenvalue weighted by atomic mass is 10.3. The van der Waals surface area contributed by atoms with Crippen LogP contribution in [0.4, 0.5) is 0 Å². The first-order valence-corrected chi connectivity index (χ1v) is 4.74. The summed E-state index contributed by atoms with van der Waals surface area (Å²) >= 11 is 0. The van der Waals surface area contributed by atoms with Crippen LogP contribution < -0.4 is 10.6 Å². The third kappa shape index (κ3) is 9.66. The molecule has 0 heterocycles. The topological polar surface area (TPSA) is 24.1 Å². The molecule has 0 aromatic carbocycles. The molecule has 12 heavy (non-hydrogen) atoms. The van der Waals surface area contributed by atoms with E-state index in [0.29, 0.717) is 12.1 Å². The molecule has 0 aliphatic rings. The average molecular weight is 170 g/mol. The zero-order valence-corrected chi connectivity index (χ0v) is 8.72. The fraction of sp³-hybridized carbons (Fsp3) is 0.800. The van der Waals surface area contributed by atoms with Crippen LogP contribution in [-0.2, 0) is 0 Å². The van der Waals surface area contributed by atoms with Crippen LogP contribution in [0.25, 0.3) is 0 Å². The van der Waals surface area contributed by atoms with Gasteiger partial charge in [0.25, 0.3) is 0 Å². The van der Waals surface area contributed by atoms with Crippen molar-refractivity contribution in [1.82, 2.24) is 10.6 Å². The van der Waals surface area contributed by atoms with E-state index >= 15 is 0 Å². The number of hydrogen-bond acceptors (Lipinski definition) is 2. The second-order valence-electron chi connectivity index (χ2n) is 3.60. The molecule has 0 aliphatic carbocycles. The molecule has 0 amide bonds. The largest absolute Gasteiger partial charge is 0.311 e. The predicted octanol–water partition coefficient (Wildman–Crippen LogP) is 1.54. The van der Waals surface area contributed by atoms with E-state index in [9.17, 15) is 0 Å². The highest BCUT2D eigenvalue weighted by Crippen LogP contribution is 1.78. The van der Waals surface area contributed by atoms with Crippen LogP contribution in [0.3, 0.4) is 0 Å². The van der Waals surface area contributed by atoms with Gasteiger partial charge in [-0.25, -0.2) is 0 Å². The molecule has 0 saturated heterocycles. The molecule has 0 aromatic heterocycles. The first-order chi connectivity index (χ1) is 5.63. The molecule has 0 aromatic rings. The molecule has 2 N–H and O–H groups in total. The summed E-state index contributed by atoms with van der Waals surface area (Å²) in [6.45, 7) is 10.6. The minimum Gasteiger partial charge on any atom is -0.311 e. The van der Waals surface area contributed by atoms with E-state index in [4.69, 9.17) is 0 Å². The Hall–Kier alpha value is -0.340. The van der Waals surface area contributed by atoms with Gasteiger partial charge in [-0.2, -0.15) is 0 Å². The number of rotatable bonds is 6. The maximum atomic E-state index is 3.32. The van der Waals surface area contributed by atoms with Crippen LogP contribution in [0, 0.1) is 0 Å². The molecule has 0 radical (unpaired) electrons. The van der Waals surface area contributed by atoms with Gasteiger partial charge >= 0.3 is 0 Å². The second-order valence-corrected chi connectivity index (χ2v) is 3.60. The lowest BCUT2D eigenvalue weighted by molar-refractivity contribution is 0.622. The van der Waals surface area contributed by atoms with Gasteiger partial charge in [0.1, 0.15) is 0 Å². The Balaban J connectivity index is 3.15. The van der Waals surface area contributed by atoms with Crippen molar-refractivity contribution in [3.63, 3.8) is 0 Å². The molecule has 72 valence electrons. The van der Waals surface area contributed by atoms with Crippen molar-refractivity contribution in [2.24, 2.45) is 0 Å². The van der Waals surface area contributed by atoms with Crippen molar-refractivity contribution in [2.45, 2.75) is 39.8 Å². The van der Waals surface area contributed by atoms with Gasteiger partial charge in [0.05, 0.1) is 0 Å². The first-order valence-electron chi connectivity index (χ1n) is 4.74. The molecule has 2 heteroatoms. The summed E-state index contributed by atoms with van der Waals surface area (Å²) < 4.78 is 0. The van der Waals surface area contributed by atoms with Crippen molar-refractivity contribution in [3.05, 3.63) is 12.2 Å². The molecule has 0 unspecified atom stereocenters. The lowest BCUT2D eigenvalue weighted by Crippen LogP contribution is -2.24. The van der Waals surface area contributed by atoms with Crippen LogP contribution in [0.15, 0.2) is 12.2 Å². The minimum atomic E-state index is 0.577. The third-order valence-electron chi connectivity index (χ3n) is 1.45. The maximum absolute atomic E-state index is 3.32. The number of nitrogens with one attached hydrogen (secondary N) is 2. The second kappa shape index (κ2) is 7.32.